The van der Waals surface area contributed by atoms with E-state index < -0.39 is 10.2 Å². The van der Waals surface area contributed by atoms with Gasteiger partial charge in [-0.05, 0) is 11.6 Å². The summed E-state index contributed by atoms with van der Waals surface area (Å²) in [5.41, 5.74) is 2.00. The summed E-state index contributed by atoms with van der Waals surface area (Å²) < 4.78 is 24.0. The van der Waals surface area contributed by atoms with Crippen molar-refractivity contribution >= 4 is 21.0 Å². The van der Waals surface area contributed by atoms with Crippen molar-refractivity contribution in [3.63, 3.8) is 0 Å². The van der Waals surface area contributed by atoms with Crippen molar-refractivity contribution in [2.75, 3.05) is 0 Å². The summed E-state index contributed by atoms with van der Waals surface area (Å²) in [5, 5.41) is 12.8. The van der Waals surface area contributed by atoms with E-state index in [4.69, 9.17) is 5.14 Å². The van der Waals surface area contributed by atoms with Gasteiger partial charge in [0.2, 0.25) is 0 Å². The molecule has 2 aromatic carbocycles. The predicted octanol–water partition coefficient (Wildman–Crippen LogP) is 0.883. The number of nitrogens with one attached hydrogen (secondary N) is 2. The number of aromatic amines is 1. The number of hydrogen-bond donors (Lipinski definition) is 3. The second-order valence-corrected chi connectivity index (χ2v) is 6.39. The lowest BCUT2D eigenvalue weighted by atomic mass is 10.0. The molecule has 118 valence electrons. The fourth-order valence-corrected chi connectivity index (χ4v) is 2.67. The average molecular weight is 330 g/mol. The number of aromatic nitrogens is 2. The molecule has 4 N–H and O–H groups in total. The van der Waals surface area contributed by atoms with Crippen LogP contribution in [0.2, 0.25) is 0 Å². The Morgan fingerprint density at radius 1 is 1.04 bits per heavy atom. The zero-order chi connectivity index (χ0) is 16.4. The summed E-state index contributed by atoms with van der Waals surface area (Å²) in [7, 11) is -3.72. The van der Waals surface area contributed by atoms with Gasteiger partial charge in [0.25, 0.3) is 15.8 Å². The van der Waals surface area contributed by atoms with Gasteiger partial charge in [-0.3, -0.25) is 4.79 Å². The quantitative estimate of drug-likeness (QED) is 0.658. The normalized spacial score (nSPS) is 11.7. The summed E-state index contributed by atoms with van der Waals surface area (Å²) >= 11 is 0. The lowest BCUT2D eigenvalue weighted by Gasteiger charge is -2.07. The first-order valence-corrected chi connectivity index (χ1v) is 8.33. The second-order valence-electron chi connectivity index (χ2n) is 5.01. The van der Waals surface area contributed by atoms with E-state index >= 15 is 0 Å². The summed E-state index contributed by atoms with van der Waals surface area (Å²) in [6.07, 6.45) is 0. The largest absolute Gasteiger partial charge is 0.274 e. The van der Waals surface area contributed by atoms with Crippen molar-refractivity contribution < 1.29 is 8.42 Å². The molecule has 0 bridgehead atoms. The molecule has 3 aromatic rings. The third kappa shape index (κ3) is 3.45. The van der Waals surface area contributed by atoms with Gasteiger partial charge >= 0.3 is 0 Å². The summed E-state index contributed by atoms with van der Waals surface area (Å²) in [4.78, 5) is 11.8. The maximum atomic E-state index is 11.8. The highest BCUT2D eigenvalue weighted by Gasteiger charge is 2.08. The van der Waals surface area contributed by atoms with Gasteiger partial charge in [0.1, 0.15) is 0 Å². The van der Waals surface area contributed by atoms with Crippen LogP contribution in [0, 0.1) is 0 Å². The average Bonchev–Trinajstić information content (AvgIpc) is 2.54. The molecule has 8 heteroatoms. The summed E-state index contributed by atoms with van der Waals surface area (Å²) in [5.74, 6) is 0. The van der Waals surface area contributed by atoms with Crippen molar-refractivity contribution in [3.05, 3.63) is 64.4 Å². The monoisotopic (exact) mass is 330 g/mol. The highest BCUT2D eigenvalue weighted by molar-refractivity contribution is 7.87. The first-order chi connectivity index (χ1) is 10.9. The van der Waals surface area contributed by atoms with Gasteiger partial charge in [-0.2, -0.15) is 18.2 Å². The maximum Gasteiger partial charge on any atom is 0.274 e. The zero-order valence-electron chi connectivity index (χ0n) is 12.0. The van der Waals surface area contributed by atoms with Gasteiger partial charge in [0, 0.05) is 17.5 Å². The van der Waals surface area contributed by atoms with E-state index in [2.05, 4.69) is 14.9 Å². The van der Waals surface area contributed by atoms with Gasteiger partial charge in [-0.15, -0.1) is 0 Å². The summed E-state index contributed by atoms with van der Waals surface area (Å²) in [6.45, 7) is 0.110. The van der Waals surface area contributed by atoms with E-state index in [1.807, 2.05) is 24.3 Å². The lowest BCUT2D eigenvalue weighted by Crippen LogP contribution is -2.30. The molecule has 1 heterocycles. The number of rotatable bonds is 4. The van der Waals surface area contributed by atoms with Crippen LogP contribution in [0.4, 0.5) is 0 Å². The van der Waals surface area contributed by atoms with Crippen molar-refractivity contribution in [2.45, 2.75) is 6.54 Å². The minimum Gasteiger partial charge on any atom is -0.267 e. The lowest BCUT2D eigenvalue weighted by molar-refractivity contribution is 0.583. The SMILES string of the molecule is NS(=O)(=O)NCc1ccc(-c2n[nH]c(=O)c3ccccc23)cc1. The van der Waals surface area contributed by atoms with Crippen molar-refractivity contribution in [2.24, 2.45) is 5.14 Å². The molecule has 0 spiro atoms. The number of nitrogens with zero attached hydrogens (tertiary/aromatic N) is 1. The van der Waals surface area contributed by atoms with Crippen LogP contribution >= 0.6 is 0 Å². The van der Waals surface area contributed by atoms with Gasteiger partial charge in [-0.25, -0.2) is 10.2 Å². The Morgan fingerprint density at radius 2 is 1.70 bits per heavy atom. The van der Waals surface area contributed by atoms with Gasteiger partial charge in [0.15, 0.2) is 0 Å². The molecule has 0 saturated heterocycles. The fourth-order valence-electron chi connectivity index (χ4n) is 2.30. The molecule has 0 aliphatic heterocycles. The van der Waals surface area contributed by atoms with E-state index in [-0.39, 0.29) is 12.1 Å². The first kappa shape index (κ1) is 15.3. The van der Waals surface area contributed by atoms with E-state index in [0.717, 1.165) is 16.5 Å². The Hall–Kier alpha value is -2.55. The molecule has 0 fully saturated rings. The number of benzene rings is 2. The van der Waals surface area contributed by atoms with Gasteiger partial charge in [0.05, 0.1) is 11.1 Å². The highest BCUT2D eigenvalue weighted by atomic mass is 32.2. The zero-order valence-corrected chi connectivity index (χ0v) is 12.8. The van der Waals surface area contributed by atoms with Crippen LogP contribution in [-0.4, -0.2) is 18.6 Å². The van der Waals surface area contributed by atoms with E-state index in [1.54, 1.807) is 24.3 Å². The molecular weight excluding hydrogens is 316 g/mol. The van der Waals surface area contributed by atoms with Crippen LogP contribution < -0.4 is 15.4 Å². The molecule has 0 aliphatic carbocycles. The van der Waals surface area contributed by atoms with Crippen LogP contribution in [0.3, 0.4) is 0 Å². The van der Waals surface area contributed by atoms with Crippen molar-refractivity contribution in [3.8, 4) is 11.3 Å². The molecule has 0 saturated carbocycles. The Kier molecular flexibility index (Phi) is 3.95. The number of nitrogens with two attached hydrogens (primary N) is 1. The highest BCUT2D eigenvalue weighted by Crippen LogP contribution is 2.24. The van der Waals surface area contributed by atoms with Gasteiger partial charge in [-0.1, -0.05) is 42.5 Å². The van der Waals surface area contributed by atoms with E-state index in [9.17, 15) is 13.2 Å². The van der Waals surface area contributed by atoms with E-state index in [1.165, 1.54) is 0 Å². The standard InChI is InChI=1S/C15H14N4O3S/c16-23(21,22)17-9-10-5-7-11(8-6-10)14-12-3-1-2-4-13(12)15(20)19-18-14/h1-8,17H,9H2,(H,19,20)(H2,16,21,22). The third-order valence-electron chi connectivity index (χ3n) is 3.40. The van der Waals surface area contributed by atoms with Crippen LogP contribution in [0.1, 0.15) is 5.56 Å². The Bertz CT molecular complexity index is 1010. The maximum absolute atomic E-state index is 11.8. The van der Waals surface area contributed by atoms with Crippen molar-refractivity contribution in [1.29, 1.82) is 0 Å². The number of H-pyrrole nitrogens is 1. The fraction of sp³-hybridized carbons (Fsp3) is 0.0667. The third-order valence-corrected chi connectivity index (χ3v) is 3.95. The van der Waals surface area contributed by atoms with Crippen LogP contribution in [0.25, 0.3) is 22.0 Å². The minimum absolute atomic E-state index is 0.110. The Morgan fingerprint density at radius 3 is 2.35 bits per heavy atom. The van der Waals surface area contributed by atoms with Gasteiger partial charge < -0.3 is 0 Å². The number of hydrogen-bond acceptors (Lipinski definition) is 4. The molecule has 23 heavy (non-hydrogen) atoms. The second kappa shape index (κ2) is 5.92. The van der Waals surface area contributed by atoms with E-state index in [0.29, 0.717) is 11.1 Å². The van der Waals surface area contributed by atoms with Crippen LogP contribution in [0.5, 0.6) is 0 Å². The smallest absolute Gasteiger partial charge is 0.267 e. The summed E-state index contributed by atoms with van der Waals surface area (Å²) in [6, 6.07) is 14.4. The predicted molar refractivity (Wildman–Crippen MR) is 87.7 cm³/mol. The van der Waals surface area contributed by atoms with Crippen LogP contribution in [0.15, 0.2) is 53.3 Å². The topological polar surface area (TPSA) is 118 Å². The minimum atomic E-state index is -3.72. The van der Waals surface area contributed by atoms with Crippen molar-refractivity contribution in [1.82, 2.24) is 14.9 Å². The molecule has 7 nitrogen and oxygen atoms in total. The number of fused-ring (bicyclic) bond motifs is 1. The molecule has 3 rings (SSSR count). The first-order valence-electron chi connectivity index (χ1n) is 6.78. The molecule has 0 atom stereocenters. The molecule has 0 unspecified atom stereocenters. The molecular formula is C15H14N4O3S. The Labute approximate surface area is 132 Å². The molecule has 0 radical (unpaired) electrons. The molecule has 0 aliphatic rings. The molecule has 1 aromatic heterocycles. The van der Waals surface area contributed by atoms with Crippen LogP contribution in [-0.2, 0) is 16.8 Å². The molecule has 0 amide bonds. The Balaban J connectivity index is 1.97.